The van der Waals surface area contributed by atoms with Crippen LogP contribution in [-0.4, -0.2) is 10.9 Å². The maximum Gasteiger partial charge on any atom is 0.361 e. The zero-order valence-corrected chi connectivity index (χ0v) is 14.8. The summed E-state index contributed by atoms with van der Waals surface area (Å²) in [7, 11) is 0. The van der Waals surface area contributed by atoms with Crippen LogP contribution in [0.4, 0.5) is 0 Å². The number of oxazole rings is 1. The third kappa shape index (κ3) is 4.52. The summed E-state index contributed by atoms with van der Waals surface area (Å²) in [6, 6.07) is 16.7. The minimum Gasteiger partial charge on any atom is -0.403 e. The van der Waals surface area contributed by atoms with E-state index in [1.807, 2.05) is 36.4 Å². The van der Waals surface area contributed by atoms with E-state index in [0.717, 1.165) is 11.1 Å². The maximum atomic E-state index is 12.2. The van der Waals surface area contributed by atoms with Crippen LogP contribution in [0.3, 0.4) is 0 Å². The number of aromatic nitrogens is 1. The van der Waals surface area contributed by atoms with Gasteiger partial charge in [-0.3, -0.25) is 4.79 Å². The van der Waals surface area contributed by atoms with Gasteiger partial charge in [0, 0.05) is 18.4 Å². The number of rotatable bonds is 4. The smallest absolute Gasteiger partial charge is 0.361 e. The number of hydrogen-bond donors (Lipinski definition) is 2. The molecule has 0 spiro atoms. The summed E-state index contributed by atoms with van der Waals surface area (Å²) in [5.41, 5.74) is 1.95. The first-order valence-corrected chi connectivity index (χ1v) is 8.40. The van der Waals surface area contributed by atoms with Crippen molar-refractivity contribution in [3.05, 3.63) is 92.1 Å². The summed E-state index contributed by atoms with van der Waals surface area (Å²) in [4.78, 5) is 26.7. The average molecular weight is 369 g/mol. The molecule has 3 rings (SSSR count). The first kappa shape index (κ1) is 17.8. The fourth-order valence-corrected chi connectivity index (χ4v) is 2.73. The van der Waals surface area contributed by atoms with E-state index in [0.29, 0.717) is 17.1 Å². The molecule has 0 saturated heterocycles. The fraction of sp³-hybridized carbons (Fsp3) is 0.100. The molecule has 1 heterocycles. The van der Waals surface area contributed by atoms with E-state index in [-0.39, 0.29) is 16.8 Å². The molecule has 0 atom stereocenters. The van der Waals surface area contributed by atoms with Crippen molar-refractivity contribution in [2.45, 2.75) is 13.3 Å². The second-order valence-electron chi connectivity index (χ2n) is 5.78. The van der Waals surface area contributed by atoms with Gasteiger partial charge in [-0.1, -0.05) is 54.1 Å². The zero-order valence-electron chi connectivity index (χ0n) is 14.1. The van der Waals surface area contributed by atoms with Gasteiger partial charge in [0.2, 0.25) is 11.5 Å². The lowest BCUT2D eigenvalue weighted by molar-refractivity contribution is -0.117. The molecule has 0 bridgehead atoms. The molecule has 2 aromatic carbocycles. The molecular formula is C20H17ClN2O3. The third-order valence-corrected chi connectivity index (χ3v) is 3.88. The van der Waals surface area contributed by atoms with Crippen LogP contribution >= 0.6 is 11.6 Å². The number of H-pyrrole nitrogens is 1. The summed E-state index contributed by atoms with van der Waals surface area (Å²) in [6.45, 7) is 1.41. The van der Waals surface area contributed by atoms with Crippen LogP contribution in [0, 0.1) is 0 Å². The van der Waals surface area contributed by atoms with Gasteiger partial charge in [-0.15, -0.1) is 0 Å². The topological polar surface area (TPSA) is 75.1 Å². The van der Waals surface area contributed by atoms with Gasteiger partial charge in [0.25, 0.3) is 0 Å². The standard InChI is InChI=1S/C20H17ClN2O3/c1-13(24)22-17(11-14-6-3-2-4-7-14)19-23-18(20(25)26-19)12-15-8-5-9-16(21)10-15/h2-10,12,23H,11H2,1H3,(H,22,24). The summed E-state index contributed by atoms with van der Waals surface area (Å²) in [6.07, 6.45) is 2.07. The largest absolute Gasteiger partial charge is 0.403 e. The highest BCUT2D eigenvalue weighted by Gasteiger charge is 2.08. The van der Waals surface area contributed by atoms with Gasteiger partial charge >= 0.3 is 5.63 Å². The van der Waals surface area contributed by atoms with Gasteiger partial charge in [-0.25, -0.2) is 4.79 Å². The molecule has 3 aromatic rings. The molecule has 0 fully saturated rings. The molecule has 0 unspecified atom stereocenters. The number of carbonyl (C=O) groups excluding carboxylic acids is 1. The molecule has 1 aromatic heterocycles. The SMILES string of the molecule is CC(=O)NC(Cc1ccccc1)=c1[nH]c(=Cc2cccc(Cl)c2)c(=O)o1. The van der Waals surface area contributed by atoms with E-state index in [9.17, 15) is 9.59 Å². The van der Waals surface area contributed by atoms with Crippen molar-refractivity contribution in [1.29, 1.82) is 0 Å². The summed E-state index contributed by atoms with van der Waals surface area (Å²) >= 11 is 5.97. The molecule has 6 heteroatoms. The van der Waals surface area contributed by atoms with E-state index in [1.54, 1.807) is 24.3 Å². The highest BCUT2D eigenvalue weighted by molar-refractivity contribution is 6.30. The van der Waals surface area contributed by atoms with Crippen molar-refractivity contribution in [1.82, 2.24) is 10.3 Å². The van der Waals surface area contributed by atoms with E-state index < -0.39 is 5.63 Å². The van der Waals surface area contributed by atoms with Crippen molar-refractivity contribution in [3.8, 4) is 0 Å². The van der Waals surface area contributed by atoms with Crippen molar-refractivity contribution in [3.63, 3.8) is 0 Å². The second-order valence-corrected chi connectivity index (χ2v) is 6.22. The number of amides is 1. The molecule has 5 nitrogen and oxygen atoms in total. The lowest BCUT2D eigenvalue weighted by Gasteiger charge is -2.06. The van der Waals surface area contributed by atoms with Crippen molar-refractivity contribution >= 4 is 29.3 Å². The number of nitrogens with one attached hydrogen (secondary N) is 2. The minimum atomic E-state index is -0.518. The van der Waals surface area contributed by atoms with E-state index in [1.165, 1.54) is 6.92 Å². The summed E-state index contributed by atoms with van der Waals surface area (Å²) in [5.74, 6) is -0.242. The van der Waals surface area contributed by atoms with Crippen LogP contribution in [0.5, 0.6) is 0 Å². The van der Waals surface area contributed by atoms with Crippen LogP contribution in [0.2, 0.25) is 5.02 Å². The van der Waals surface area contributed by atoms with Gasteiger partial charge in [-0.05, 0) is 29.3 Å². The molecule has 2 N–H and O–H groups in total. The molecule has 26 heavy (non-hydrogen) atoms. The van der Waals surface area contributed by atoms with Crippen LogP contribution in [-0.2, 0) is 11.2 Å². The summed E-state index contributed by atoms with van der Waals surface area (Å²) < 4.78 is 5.33. The quantitative estimate of drug-likeness (QED) is 0.739. The van der Waals surface area contributed by atoms with E-state index >= 15 is 0 Å². The van der Waals surface area contributed by atoms with Crippen molar-refractivity contribution in [2.75, 3.05) is 0 Å². The van der Waals surface area contributed by atoms with E-state index in [2.05, 4.69) is 10.3 Å². The Hall–Kier alpha value is -3.05. The normalized spacial score (nSPS) is 12.8. The van der Waals surface area contributed by atoms with Crippen LogP contribution in [0.15, 0.2) is 63.8 Å². The molecule has 0 aliphatic heterocycles. The second kappa shape index (κ2) is 7.89. The van der Waals surface area contributed by atoms with Crippen LogP contribution in [0.1, 0.15) is 18.1 Å². The van der Waals surface area contributed by atoms with Gasteiger partial charge < -0.3 is 14.7 Å². The maximum absolute atomic E-state index is 12.2. The van der Waals surface area contributed by atoms with Gasteiger partial charge in [0.15, 0.2) is 0 Å². The minimum absolute atomic E-state index is 0.224. The molecule has 132 valence electrons. The lowest BCUT2D eigenvalue weighted by atomic mass is 10.1. The highest BCUT2D eigenvalue weighted by Crippen LogP contribution is 2.10. The Morgan fingerprint density at radius 2 is 1.96 bits per heavy atom. The first-order chi connectivity index (χ1) is 12.5. The number of carbonyl (C=O) groups is 1. The van der Waals surface area contributed by atoms with Crippen molar-refractivity contribution in [2.24, 2.45) is 0 Å². The predicted molar refractivity (Wildman–Crippen MR) is 101 cm³/mol. The molecule has 0 saturated carbocycles. The van der Waals surface area contributed by atoms with Crippen LogP contribution in [0.25, 0.3) is 11.8 Å². The van der Waals surface area contributed by atoms with Gasteiger partial charge in [0.05, 0.1) is 5.70 Å². The average Bonchev–Trinajstić information content (AvgIpc) is 2.96. The number of halogens is 1. The van der Waals surface area contributed by atoms with E-state index in [4.69, 9.17) is 16.0 Å². The number of benzene rings is 2. The van der Waals surface area contributed by atoms with Gasteiger partial charge in [0.1, 0.15) is 5.35 Å². The number of hydrogen-bond acceptors (Lipinski definition) is 3. The van der Waals surface area contributed by atoms with Crippen molar-refractivity contribution < 1.29 is 9.21 Å². The molecule has 0 radical (unpaired) electrons. The molecule has 0 aliphatic carbocycles. The Kier molecular flexibility index (Phi) is 5.39. The number of aromatic amines is 1. The molecule has 1 amide bonds. The Labute approximate surface area is 154 Å². The monoisotopic (exact) mass is 368 g/mol. The Morgan fingerprint density at radius 3 is 2.65 bits per heavy atom. The Bertz CT molecular complexity index is 1100. The highest BCUT2D eigenvalue weighted by atomic mass is 35.5. The van der Waals surface area contributed by atoms with Gasteiger partial charge in [-0.2, -0.15) is 0 Å². The Morgan fingerprint density at radius 1 is 1.19 bits per heavy atom. The molecular weight excluding hydrogens is 352 g/mol. The zero-order chi connectivity index (χ0) is 18.5. The predicted octanol–water partition coefficient (Wildman–Crippen LogP) is 1.94. The first-order valence-electron chi connectivity index (χ1n) is 8.02. The third-order valence-electron chi connectivity index (χ3n) is 3.65. The van der Waals surface area contributed by atoms with Crippen LogP contribution < -0.4 is 21.8 Å². The summed E-state index contributed by atoms with van der Waals surface area (Å²) in [5, 5.41) is 3.59. The fourth-order valence-electron chi connectivity index (χ4n) is 2.54. The lowest BCUT2D eigenvalue weighted by Crippen LogP contribution is -2.27. The molecule has 0 aliphatic rings. The Balaban J connectivity index is 2.09.